The van der Waals surface area contributed by atoms with Crippen molar-refractivity contribution in [2.75, 3.05) is 7.11 Å². The zero-order valence-corrected chi connectivity index (χ0v) is 20.2. The number of hydrogen-bond acceptors (Lipinski definition) is 3. The molecule has 0 saturated carbocycles. The maximum Gasteiger partial charge on any atom is 0.337 e. The minimum absolute atomic E-state index is 0.244. The molecule has 0 bridgehead atoms. The summed E-state index contributed by atoms with van der Waals surface area (Å²) in [5.41, 5.74) is 7.83. The first-order chi connectivity index (χ1) is 16.7. The van der Waals surface area contributed by atoms with Gasteiger partial charge in [-0.05, 0) is 90.8 Å². The van der Waals surface area contributed by atoms with Crippen LogP contribution in [0.5, 0.6) is 0 Å². The van der Waals surface area contributed by atoms with Crippen LogP contribution in [-0.4, -0.2) is 13.1 Å². The summed E-state index contributed by atoms with van der Waals surface area (Å²) in [6, 6.07) is 23.2. The van der Waals surface area contributed by atoms with E-state index in [0.717, 1.165) is 43.4 Å². The number of carbonyl (C=O) groups is 1. The second kappa shape index (κ2) is 11.7. The number of benzene rings is 3. The van der Waals surface area contributed by atoms with E-state index in [9.17, 15) is 4.79 Å². The van der Waals surface area contributed by atoms with Gasteiger partial charge in [0.2, 0.25) is 0 Å². The average molecular weight is 452 g/mol. The quantitative estimate of drug-likeness (QED) is 0.334. The number of rotatable bonds is 7. The predicted molar refractivity (Wildman–Crippen MR) is 138 cm³/mol. The summed E-state index contributed by atoms with van der Waals surface area (Å²) in [6.45, 7) is 3.00. The highest BCUT2D eigenvalue weighted by atomic mass is 16.5. The molecule has 1 N–H and O–H groups in total. The molecule has 0 heterocycles. The Hall–Kier alpha value is -3.35. The number of hydrogen-bond donors (Lipinski definition) is 1. The van der Waals surface area contributed by atoms with Gasteiger partial charge in [-0.2, -0.15) is 0 Å². The van der Waals surface area contributed by atoms with Crippen LogP contribution in [0.3, 0.4) is 0 Å². The zero-order valence-electron chi connectivity index (χ0n) is 20.2. The Bertz CT molecular complexity index is 1170. The molecule has 0 radical (unpaired) electrons. The van der Waals surface area contributed by atoms with Crippen LogP contribution in [0.2, 0.25) is 0 Å². The van der Waals surface area contributed by atoms with Crippen LogP contribution in [-0.2, 0) is 24.1 Å². The first-order valence-corrected chi connectivity index (χ1v) is 12.3. The molecule has 3 aromatic rings. The number of carbonyl (C=O) groups excluding carboxylic acids is 1. The van der Waals surface area contributed by atoms with Gasteiger partial charge in [0.15, 0.2) is 0 Å². The lowest BCUT2D eigenvalue weighted by Crippen LogP contribution is -2.25. The van der Waals surface area contributed by atoms with Crippen molar-refractivity contribution in [2.45, 2.75) is 58.0 Å². The minimum Gasteiger partial charge on any atom is -0.465 e. The van der Waals surface area contributed by atoms with Gasteiger partial charge in [0.25, 0.3) is 0 Å². The van der Waals surface area contributed by atoms with Crippen LogP contribution in [0.1, 0.15) is 82.4 Å². The number of unbranched alkanes of at least 4 members (excludes halogenated alkanes) is 1. The van der Waals surface area contributed by atoms with Crippen LogP contribution in [0, 0.1) is 11.8 Å². The molecule has 34 heavy (non-hydrogen) atoms. The molecule has 0 saturated heterocycles. The highest BCUT2D eigenvalue weighted by Crippen LogP contribution is 2.31. The molecule has 3 aromatic carbocycles. The molecule has 0 fully saturated rings. The van der Waals surface area contributed by atoms with Gasteiger partial charge in [0, 0.05) is 23.7 Å². The molecule has 1 atom stereocenters. The Morgan fingerprint density at radius 3 is 2.29 bits per heavy atom. The third kappa shape index (κ3) is 6.16. The zero-order chi connectivity index (χ0) is 23.8. The van der Waals surface area contributed by atoms with E-state index in [1.165, 1.54) is 42.2 Å². The second-order valence-corrected chi connectivity index (χ2v) is 8.98. The van der Waals surface area contributed by atoms with E-state index in [1.54, 1.807) is 0 Å². The molecule has 0 aliphatic heterocycles. The minimum atomic E-state index is -0.281. The van der Waals surface area contributed by atoms with Gasteiger partial charge in [-0.15, -0.1) is 0 Å². The van der Waals surface area contributed by atoms with Crippen LogP contribution in [0.25, 0.3) is 0 Å². The maximum atomic E-state index is 12.0. The molecule has 4 rings (SSSR count). The first-order valence-electron chi connectivity index (χ1n) is 12.3. The van der Waals surface area contributed by atoms with Crippen LogP contribution in [0.4, 0.5) is 0 Å². The van der Waals surface area contributed by atoms with Crippen molar-refractivity contribution in [2.24, 2.45) is 0 Å². The molecule has 174 valence electrons. The molecular formula is C31H33NO2. The molecule has 3 nitrogen and oxygen atoms in total. The summed E-state index contributed by atoms with van der Waals surface area (Å²) in [5.74, 6) is 6.27. The van der Waals surface area contributed by atoms with Gasteiger partial charge in [0.1, 0.15) is 0 Å². The Labute approximate surface area is 203 Å². The number of methoxy groups -OCH3 is 1. The van der Waals surface area contributed by atoms with E-state index in [-0.39, 0.29) is 12.0 Å². The van der Waals surface area contributed by atoms with E-state index in [2.05, 4.69) is 78.7 Å². The van der Waals surface area contributed by atoms with Crippen molar-refractivity contribution < 1.29 is 9.53 Å². The third-order valence-electron chi connectivity index (χ3n) is 6.51. The Balaban J connectivity index is 1.36. The van der Waals surface area contributed by atoms with Gasteiger partial charge >= 0.3 is 5.97 Å². The fourth-order valence-electron chi connectivity index (χ4n) is 4.48. The van der Waals surface area contributed by atoms with Crippen molar-refractivity contribution in [1.82, 2.24) is 5.32 Å². The van der Waals surface area contributed by atoms with Gasteiger partial charge in [-0.1, -0.05) is 55.5 Å². The summed E-state index contributed by atoms with van der Waals surface area (Å²) in [5, 5.41) is 3.69. The number of ether oxygens (including phenoxy) is 1. The summed E-state index contributed by atoms with van der Waals surface area (Å²) in [7, 11) is 1.43. The Morgan fingerprint density at radius 2 is 1.65 bits per heavy atom. The molecule has 1 aliphatic rings. The number of aryl methyl sites for hydroxylation is 2. The fraction of sp³-hybridized carbons (Fsp3) is 0.323. The van der Waals surface area contributed by atoms with Gasteiger partial charge in [0.05, 0.1) is 12.7 Å². The van der Waals surface area contributed by atoms with Gasteiger partial charge in [-0.3, -0.25) is 0 Å². The van der Waals surface area contributed by atoms with Crippen molar-refractivity contribution in [3.63, 3.8) is 0 Å². The molecule has 3 heteroatoms. The number of nitrogens with one attached hydrogen (secondary N) is 1. The Kier molecular flexibility index (Phi) is 8.17. The third-order valence-corrected chi connectivity index (χ3v) is 6.51. The largest absolute Gasteiger partial charge is 0.465 e. The van der Waals surface area contributed by atoms with E-state index in [0.29, 0.717) is 5.56 Å². The van der Waals surface area contributed by atoms with Crippen molar-refractivity contribution >= 4 is 5.97 Å². The highest BCUT2D eigenvalue weighted by molar-refractivity contribution is 5.89. The van der Waals surface area contributed by atoms with Crippen LogP contribution < -0.4 is 5.32 Å². The van der Waals surface area contributed by atoms with Crippen LogP contribution in [0.15, 0.2) is 66.7 Å². The average Bonchev–Trinajstić information content (AvgIpc) is 2.90. The summed E-state index contributed by atoms with van der Waals surface area (Å²) < 4.78 is 4.90. The standard InChI is InChI=1S/C31H33NO2/c1-3-4-6-23-9-11-24(12-10-23)13-14-25-15-17-26(18-16-25)22-32-30-8-5-7-27-19-20-28(21-29(27)30)31(33)34-2/h9-12,15-21,30,32H,3-8,22H2,1-2H3. The first kappa shape index (κ1) is 23.8. The number of esters is 1. The molecule has 0 spiro atoms. The fourth-order valence-corrected chi connectivity index (χ4v) is 4.48. The molecular weight excluding hydrogens is 418 g/mol. The lowest BCUT2D eigenvalue weighted by Gasteiger charge is -2.27. The van der Waals surface area contributed by atoms with E-state index in [1.807, 2.05) is 12.1 Å². The molecule has 1 unspecified atom stereocenters. The lowest BCUT2D eigenvalue weighted by molar-refractivity contribution is 0.0600. The van der Waals surface area contributed by atoms with Gasteiger partial charge < -0.3 is 10.1 Å². The highest BCUT2D eigenvalue weighted by Gasteiger charge is 2.21. The molecule has 1 aliphatic carbocycles. The number of fused-ring (bicyclic) bond motifs is 1. The Morgan fingerprint density at radius 1 is 0.971 bits per heavy atom. The SMILES string of the molecule is CCCCc1ccc(C#Cc2ccc(CNC3CCCc4ccc(C(=O)OC)cc43)cc2)cc1. The van der Waals surface area contributed by atoms with Crippen molar-refractivity contribution in [3.8, 4) is 11.8 Å². The van der Waals surface area contributed by atoms with E-state index in [4.69, 9.17) is 4.74 Å². The van der Waals surface area contributed by atoms with E-state index >= 15 is 0 Å². The second-order valence-electron chi connectivity index (χ2n) is 8.98. The smallest absolute Gasteiger partial charge is 0.337 e. The monoisotopic (exact) mass is 451 g/mol. The normalized spacial score (nSPS) is 14.6. The molecule has 0 amide bonds. The lowest BCUT2D eigenvalue weighted by atomic mass is 9.86. The maximum absolute atomic E-state index is 12.0. The van der Waals surface area contributed by atoms with Crippen molar-refractivity contribution in [3.05, 3.63) is 106 Å². The summed E-state index contributed by atoms with van der Waals surface area (Å²) >= 11 is 0. The summed E-state index contributed by atoms with van der Waals surface area (Å²) in [4.78, 5) is 12.0. The van der Waals surface area contributed by atoms with E-state index < -0.39 is 0 Å². The predicted octanol–water partition coefficient (Wildman–Crippen LogP) is 6.38. The van der Waals surface area contributed by atoms with Gasteiger partial charge in [-0.25, -0.2) is 4.79 Å². The van der Waals surface area contributed by atoms with Crippen molar-refractivity contribution in [1.29, 1.82) is 0 Å². The molecule has 0 aromatic heterocycles. The summed E-state index contributed by atoms with van der Waals surface area (Å²) in [6.07, 6.45) is 6.86. The topological polar surface area (TPSA) is 38.3 Å². The van der Waals surface area contributed by atoms with Crippen LogP contribution >= 0.6 is 0 Å².